The topological polar surface area (TPSA) is 74.2 Å². The number of hydrogen-bond acceptors (Lipinski definition) is 6. The minimum atomic E-state index is 0.440. The highest BCUT2D eigenvalue weighted by Gasteiger charge is 2.05. The van der Waals surface area contributed by atoms with Crippen molar-refractivity contribution in [1.82, 2.24) is 10.1 Å². The van der Waals surface area contributed by atoms with Gasteiger partial charge in [-0.25, -0.2) is 0 Å². The van der Waals surface area contributed by atoms with Crippen LogP contribution in [0.4, 0.5) is 5.69 Å². The molecule has 0 saturated carbocycles. The third kappa shape index (κ3) is 3.21. The predicted molar refractivity (Wildman–Crippen MR) is 65.4 cm³/mol. The summed E-state index contributed by atoms with van der Waals surface area (Å²) < 4.78 is 10.0. The Bertz CT molecular complexity index is 487. The fraction of sp³-hybridized carbons (Fsp3) is 0.273. The lowest BCUT2D eigenvalue weighted by Crippen LogP contribution is -1.89. The minimum Gasteiger partial charge on any atom is -0.397 e. The van der Waals surface area contributed by atoms with Crippen LogP contribution in [0.25, 0.3) is 0 Å². The number of aromatic nitrogens is 2. The van der Waals surface area contributed by atoms with E-state index in [-0.39, 0.29) is 0 Å². The van der Waals surface area contributed by atoms with Gasteiger partial charge in [0.05, 0.1) is 17.6 Å². The number of pyridine rings is 1. The van der Waals surface area contributed by atoms with E-state index in [0.29, 0.717) is 18.0 Å². The van der Waals surface area contributed by atoms with E-state index in [1.165, 1.54) is 0 Å². The van der Waals surface area contributed by atoms with Crippen LogP contribution in [0, 0.1) is 0 Å². The van der Waals surface area contributed by atoms with Gasteiger partial charge in [-0.15, -0.1) is 11.8 Å². The van der Waals surface area contributed by atoms with Crippen molar-refractivity contribution in [2.75, 3.05) is 12.8 Å². The van der Waals surface area contributed by atoms with Crippen molar-refractivity contribution in [2.24, 2.45) is 0 Å². The normalized spacial score (nSPS) is 10.6. The van der Waals surface area contributed by atoms with Gasteiger partial charge < -0.3 is 15.0 Å². The lowest BCUT2D eigenvalue weighted by atomic mass is 10.4. The molecule has 0 unspecified atom stereocenters. The molecule has 2 aromatic heterocycles. The van der Waals surface area contributed by atoms with Crippen molar-refractivity contribution in [3.63, 3.8) is 0 Å². The highest BCUT2D eigenvalue weighted by atomic mass is 32.2. The molecule has 0 bridgehead atoms. The maximum atomic E-state index is 5.79. The number of ether oxygens (including phenoxy) is 1. The second-order valence-corrected chi connectivity index (χ2v) is 4.44. The van der Waals surface area contributed by atoms with Crippen LogP contribution in [-0.4, -0.2) is 17.3 Å². The van der Waals surface area contributed by atoms with Crippen LogP contribution in [-0.2, 0) is 17.1 Å². The summed E-state index contributed by atoms with van der Waals surface area (Å²) in [6.45, 7) is 0.440. The highest BCUT2D eigenvalue weighted by molar-refractivity contribution is 7.98. The van der Waals surface area contributed by atoms with Gasteiger partial charge in [0.1, 0.15) is 6.61 Å². The van der Waals surface area contributed by atoms with Gasteiger partial charge in [0.15, 0.2) is 5.76 Å². The van der Waals surface area contributed by atoms with Crippen LogP contribution in [0.3, 0.4) is 0 Å². The highest BCUT2D eigenvalue weighted by Crippen LogP contribution is 2.26. The number of hydrogen-bond donors (Lipinski definition) is 1. The SMILES string of the molecule is COCc1cc(CSc2ccncc2N)no1. The Balaban J connectivity index is 1.95. The van der Waals surface area contributed by atoms with Crippen LogP contribution < -0.4 is 5.73 Å². The Kier molecular flexibility index (Phi) is 4.00. The lowest BCUT2D eigenvalue weighted by molar-refractivity contribution is 0.156. The summed E-state index contributed by atoms with van der Waals surface area (Å²) in [6.07, 6.45) is 3.36. The molecule has 2 aromatic rings. The molecule has 6 heteroatoms. The standard InChI is InChI=1S/C11H13N3O2S/c1-15-6-9-4-8(14-16-9)7-17-11-2-3-13-5-10(11)12/h2-5H,6-7,12H2,1H3. The molecule has 0 aliphatic rings. The molecule has 2 rings (SSSR count). The molecule has 2 heterocycles. The Labute approximate surface area is 103 Å². The Morgan fingerprint density at radius 1 is 1.53 bits per heavy atom. The van der Waals surface area contributed by atoms with Gasteiger partial charge in [-0.05, 0) is 6.07 Å². The van der Waals surface area contributed by atoms with E-state index >= 15 is 0 Å². The molecule has 0 radical (unpaired) electrons. The second kappa shape index (κ2) is 5.70. The van der Waals surface area contributed by atoms with E-state index < -0.39 is 0 Å². The first kappa shape index (κ1) is 11.9. The monoisotopic (exact) mass is 251 g/mol. The Hall–Kier alpha value is -1.53. The average molecular weight is 251 g/mol. The third-order valence-corrected chi connectivity index (χ3v) is 3.20. The van der Waals surface area contributed by atoms with Crippen LogP contribution in [0.5, 0.6) is 0 Å². The first-order valence-electron chi connectivity index (χ1n) is 5.05. The van der Waals surface area contributed by atoms with Crippen LogP contribution >= 0.6 is 11.8 Å². The van der Waals surface area contributed by atoms with Crippen molar-refractivity contribution in [3.8, 4) is 0 Å². The predicted octanol–water partition coefficient (Wildman–Crippen LogP) is 2.09. The zero-order valence-electron chi connectivity index (χ0n) is 9.42. The van der Waals surface area contributed by atoms with Crippen LogP contribution in [0.1, 0.15) is 11.5 Å². The second-order valence-electron chi connectivity index (χ2n) is 3.42. The average Bonchev–Trinajstić information content (AvgIpc) is 2.76. The number of methoxy groups -OCH3 is 1. The summed E-state index contributed by atoms with van der Waals surface area (Å²) in [5.74, 6) is 1.44. The van der Waals surface area contributed by atoms with E-state index in [1.807, 2.05) is 12.1 Å². The summed E-state index contributed by atoms with van der Waals surface area (Å²) in [7, 11) is 1.62. The summed E-state index contributed by atoms with van der Waals surface area (Å²) in [6, 6.07) is 3.77. The molecule has 0 aromatic carbocycles. The van der Waals surface area contributed by atoms with Gasteiger partial charge in [-0.2, -0.15) is 0 Å². The molecular weight excluding hydrogens is 238 g/mol. The number of nitrogen functional groups attached to an aromatic ring is 1. The number of anilines is 1. The maximum Gasteiger partial charge on any atom is 0.162 e. The largest absolute Gasteiger partial charge is 0.397 e. The third-order valence-electron chi connectivity index (χ3n) is 2.08. The number of rotatable bonds is 5. The lowest BCUT2D eigenvalue weighted by Gasteiger charge is -2.01. The molecule has 0 aliphatic carbocycles. The molecule has 5 nitrogen and oxygen atoms in total. The molecule has 0 spiro atoms. The zero-order chi connectivity index (χ0) is 12.1. The van der Waals surface area contributed by atoms with Crippen molar-refractivity contribution in [2.45, 2.75) is 17.3 Å². The Morgan fingerprint density at radius 3 is 3.18 bits per heavy atom. The summed E-state index contributed by atoms with van der Waals surface area (Å²) in [4.78, 5) is 4.94. The minimum absolute atomic E-state index is 0.440. The molecule has 0 fully saturated rings. The molecule has 2 N–H and O–H groups in total. The van der Waals surface area contributed by atoms with Gasteiger partial charge in [0.2, 0.25) is 0 Å². The van der Waals surface area contributed by atoms with Crippen molar-refractivity contribution < 1.29 is 9.26 Å². The molecule has 0 amide bonds. The van der Waals surface area contributed by atoms with Crippen molar-refractivity contribution in [3.05, 3.63) is 36.0 Å². The molecular formula is C11H13N3O2S. The smallest absolute Gasteiger partial charge is 0.162 e. The van der Waals surface area contributed by atoms with Crippen LogP contribution in [0.2, 0.25) is 0 Å². The van der Waals surface area contributed by atoms with E-state index in [4.69, 9.17) is 15.0 Å². The zero-order valence-corrected chi connectivity index (χ0v) is 10.2. The quantitative estimate of drug-likeness (QED) is 0.820. The van der Waals surface area contributed by atoms with Gasteiger partial charge in [0, 0.05) is 30.0 Å². The van der Waals surface area contributed by atoms with Crippen molar-refractivity contribution >= 4 is 17.4 Å². The van der Waals surface area contributed by atoms with E-state index in [9.17, 15) is 0 Å². The molecule has 90 valence electrons. The summed E-state index contributed by atoms with van der Waals surface area (Å²) in [5, 5.41) is 3.95. The van der Waals surface area contributed by atoms with Gasteiger partial charge in [-0.3, -0.25) is 4.98 Å². The molecule has 0 saturated heterocycles. The van der Waals surface area contributed by atoms with Gasteiger partial charge in [-0.1, -0.05) is 5.16 Å². The molecule has 17 heavy (non-hydrogen) atoms. The molecule has 0 aliphatic heterocycles. The summed E-state index contributed by atoms with van der Waals surface area (Å²) >= 11 is 1.60. The van der Waals surface area contributed by atoms with Crippen molar-refractivity contribution in [1.29, 1.82) is 0 Å². The maximum absolute atomic E-state index is 5.79. The first-order chi connectivity index (χ1) is 8.29. The van der Waals surface area contributed by atoms with Gasteiger partial charge in [0.25, 0.3) is 0 Å². The first-order valence-corrected chi connectivity index (χ1v) is 6.04. The van der Waals surface area contributed by atoms with Crippen LogP contribution in [0.15, 0.2) is 33.9 Å². The van der Waals surface area contributed by atoms with E-state index in [0.717, 1.165) is 16.3 Å². The fourth-order valence-corrected chi connectivity index (χ4v) is 2.13. The number of thioether (sulfide) groups is 1. The van der Waals surface area contributed by atoms with Gasteiger partial charge >= 0.3 is 0 Å². The number of nitrogens with two attached hydrogens (primary N) is 1. The van der Waals surface area contributed by atoms with E-state index in [1.54, 1.807) is 31.3 Å². The summed E-state index contributed by atoms with van der Waals surface area (Å²) in [5.41, 5.74) is 7.34. The Morgan fingerprint density at radius 2 is 2.41 bits per heavy atom. The van der Waals surface area contributed by atoms with E-state index in [2.05, 4.69) is 10.1 Å². The molecule has 0 atom stereocenters. The fourth-order valence-electron chi connectivity index (χ4n) is 1.31. The number of nitrogens with zero attached hydrogens (tertiary/aromatic N) is 2.